The van der Waals surface area contributed by atoms with E-state index in [4.69, 9.17) is 8.92 Å². The Balaban J connectivity index is 1.61. The van der Waals surface area contributed by atoms with Crippen molar-refractivity contribution >= 4 is 37.9 Å². The van der Waals surface area contributed by atoms with Gasteiger partial charge in [-0.25, -0.2) is 0 Å². The predicted molar refractivity (Wildman–Crippen MR) is 113 cm³/mol. The largest absolute Gasteiger partial charge is 0.452 e. The number of benzene rings is 3. The van der Waals surface area contributed by atoms with Gasteiger partial charge in [-0.3, -0.25) is 4.79 Å². The van der Waals surface area contributed by atoms with E-state index in [1.54, 1.807) is 18.2 Å². The van der Waals surface area contributed by atoms with Crippen LogP contribution in [0.1, 0.15) is 21.5 Å². The topological polar surface area (TPSA) is 69.7 Å². The summed E-state index contributed by atoms with van der Waals surface area (Å²) in [6, 6.07) is 18.1. The second kappa shape index (κ2) is 7.50. The Kier molecular flexibility index (Phi) is 5.02. The summed E-state index contributed by atoms with van der Waals surface area (Å²) in [7, 11) is -3.99. The van der Waals surface area contributed by atoms with E-state index in [1.807, 2.05) is 31.2 Å². The van der Waals surface area contributed by atoms with Gasteiger partial charge < -0.3 is 8.92 Å². The molecule has 0 fully saturated rings. The molecule has 3 aromatic rings. The lowest BCUT2D eigenvalue weighted by Crippen LogP contribution is -2.09. The lowest BCUT2D eigenvalue weighted by molar-refractivity contribution is 0.101. The van der Waals surface area contributed by atoms with Gasteiger partial charge in [0.25, 0.3) is 0 Å². The number of ether oxygens (including phenoxy) is 1. The van der Waals surface area contributed by atoms with Crippen LogP contribution in [0, 0.1) is 6.92 Å². The molecule has 0 bridgehead atoms. The van der Waals surface area contributed by atoms with Crippen LogP contribution >= 0.6 is 15.9 Å². The Morgan fingerprint density at radius 1 is 1.00 bits per heavy atom. The average Bonchev–Trinajstić information content (AvgIpc) is 2.98. The molecule has 0 spiro atoms. The lowest BCUT2D eigenvalue weighted by Gasteiger charge is -2.08. The third-order valence-corrected chi connectivity index (χ3v) is 6.33. The molecule has 1 aliphatic rings. The van der Waals surface area contributed by atoms with Crippen LogP contribution in [0.4, 0.5) is 0 Å². The van der Waals surface area contributed by atoms with Gasteiger partial charge >= 0.3 is 10.1 Å². The molecular weight excluding hydrogens is 456 g/mol. The van der Waals surface area contributed by atoms with Gasteiger partial charge in [-0.15, -0.1) is 0 Å². The van der Waals surface area contributed by atoms with Crippen LogP contribution in [0.25, 0.3) is 6.08 Å². The summed E-state index contributed by atoms with van der Waals surface area (Å²) in [5, 5.41) is 0. The number of allylic oxidation sites excluding steroid dienone is 1. The van der Waals surface area contributed by atoms with Crippen molar-refractivity contribution in [3.63, 3.8) is 0 Å². The van der Waals surface area contributed by atoms with E-state index in [-0.39, 0.29) is 27.9 Å². The molecule has 1 heterocycles. The Labute approximate surface area is 176 Å². The minimum absolute atomic E-state index is 0.0510. The van der Waals surface area contributed by atoms with E-state index < -0.39 is 10.1 Å². The fourth-order valence-electron chi connectivity index (χ4n) is 2.83. The number of ketones is 1. The summed E-state index contributed by atoms with van der Waals surface area (Å²) in [5.41, 5.74) is 2.09. The van der Waals surface area contributed by atoms with Crippen molar-refractivity contribution in [2.75, 3.05) is 0 Å². The van der Waals surface area contributed by atoms with Gasteiger partial charge in [0.15, 0.2) is 5.76 Å². The predicted octanol–water partition coefficient (Wildman–Crippen LogP) is 5.14. The van der Waals surface area contributed by atoms with Crippen LogP contribution in [-0.2, 0) is 10.1 Å². The normalized spacial score (nSPS) is 14.6. The molecule has 0 radical (unpaired) electrons. The molecule has 0 aromatic heterocycles. The molecule has 7 heteroatoms. The molecular formula is C22H15BrO5S. The highest BCUT2D eigenvalue weighted by Crippen LogP contribution is 2.36. The monoisotopic (exact) mass is 470 g/mol. The van der Waals surface area contributed by atoms with Crippen molar-refractivity contribution in [2.24, 2.45) is 0 Å². The maximum absolute atomic E-state index is 12.6. The van der Waals surface area contributed by atoms with E-state index >= 15 is 0 Å². The Morgan fingerprint density at radius 3 is 2.45 bits per heavy atom. The molecule has 1 aliphatic heterocycles. The third kappa shape index (κ3) is 3.97. The number of carbonyl (C=O) groups excluding carboxylic acids is 1. The summed E-state index contributed by atoms with van der Waals surface area (Å²) in [4.78, 5) is 12.6. The maximum atomic E-state index is 12.6. The minimum atomic E-state index is -3.99. The first-order chi connectivity index (χ1) is 13.8. The third-order valence-electron chi connectivity index (χ3n) is 4.35. The lowest BCUT2D eigenvalue weighted by atomic mass is 10.1. The van der Waals surface area contributed by atoms with Crippen LogP contribution in [0.3, 0.4) is 0 Å². The zero-order valence-electron chi connectivity index (χ0n) is 15.3. The van der Waals surface area contributed by atoms with Gasteiger partial charge in [-0.2, -0.15) is 8.42 Å². The number of hydrogen-bond acceptors (Lipinski definition) is 5. The van der Waals surface area contributed by atoms with Crippen molar-refractivity contribution in [3.8, 4) is 11.5 Å². The number of carbonyl (C=O) groups is 1. The van der Waals surface area contributed by atoms with Crippen molar-refractivity contribution in [1.29, 1.82) is 0 Å². The molecule has 3 aromatic carbocycles. The van der Waals surface area contributed by atoms with Gasteiger partial charge in [-0.05, 0) is 48.9 Å². The number of Topliss-reactive ketones (excluding diaryl/α,β-unsaturated/α-hetero) is 1. The fraction of sp³-hybridized carbons (Fsp3) is 0.0455. The van der Waals surface area contributed by atoms with Gasteiger partial charge in [0.1, 0.15) is 16.4 Å². The van der Waals surface area contributed by atoms with Crippen molar-refractivity contribution in [2.45, 2.75) is 11.8 Å². The Morgan fingerprint density at radius 2 is 1.72 bits per heavy atom. The molecule has 0 atom stereocenters. The van der Waals surface area contributed by atoms with Gasteiger partial charge in [0.05, 0.1) is 5.56 Å². The van der Waals surface area contributed by atoms with Crippen LogP contribution in [0.5, 0.6) is 11.5 Å². The van der Waals surface area contributed by atoms with Crippen LogP contribution in [0.2, 0.25) is 0 Å². The van der Waals surface area contributed by atoms with Crippen LogP contribution in [-0.4, -0.2) is 14.2 Å². The maximum Gasteiger partial charge on any atom is 0.339 e. The number of halogens is 1. The zero-order valence-corrected chi connectivity index (χ0v) is 17.7. The molecule has 0 amide bonds. The summed E-state index contributed by atoms with van der Waals surface area (Å²) >= 11 is 3.43. The van der Waals surface area contributed by atoms with Gasteiger partial charge in [0.2, 0.25) is 5.78 Å². The quantitative estimate of drug-likeness (QED) is 0.389. The molecule has 0 unspecified atom stereocenters. The van der Waals surface area contributed by atoms with Crippen molar-refractivity contribution < 1.29 is 22.1 Å². The van der Waals surface area contributed by atoms with Crippen LogP contribution in [0.15, 0.2) is 81.9 Å². The molecule has 0 saturated heterocycles. The highest BCUT2D eigenvalue weighted by Gasteiger charge is 2.28. The van der Waals surface area contributed by atoms with Crippen LogP contribution < -0.4 is 8.92 Å². The summed E-state index contributed by atoms with van der Waals surface area (Å²) in [6.07, 6.45) is 1.63. The second-order valence-electron chi connectivity index (χ2n) is 6.47. The van der Waals surface area contributed by atoms with Gasteiger partial charge in [0, 0.05) is 10.5 Å². The minimum Gasteiger partial charge on any atom is -0.452 e. The molecule has 0 saturated carbocycles. The van der Waals surface area contributed by atoms with E-state index in [0.29, 0.717) is 5.56 Å². The van der Waals surface area contributed by atoms with Gasteiger partial charge in [-0.1, -0.05) is 51.8 Å². The molecule has 146 valence electrons. The summed E-state index contributed by atoms with van der Waals surface area (Å²) in [6.45, 7) is 1.87. The first-order valence-corrected chi connectivity index (χ1v) is 10.9. The summed E-state index contributed by atoms with van der Waals surface area (Å²) < 4.78 is 36.7. The molecule has 0 N–H and O–H groups in total. The number of aryl methyl sites for hydroxylation is 1. The molecule has 29 heavy (non-hydrogen) atoms. The Hall–Kier alpha value is -2.90. The van der Waals surface area contributed by atoms with E-state index in [1.165, 1.54) is 30.3 Å². The number of rotatable bonds is 4. The van der Waals surface area contributed by atoms with E-state index in [2.05, 4.69) is 15.9 Å². The second-order valence-corrected chi connectivity index (χ2v) is 8.87. The summed E-state index contributed by atoms with van der Waals surface area (Å²) in [5.74, 6) is 0.207. The average molecular weight is 471 g/mol. The zero-order chi connectivity index (χ0) is 20.6. The first-order valence-electron chi connectivity index (χ1n) is 8.67. The van der Waals surface area contributed by atoms with E-state index in [9.17, 15) is 13.2 Å². The Bertz CT molecular complexity index is 1240. The molecule has 5 nitrogen and oxygen atoms in total. The molecule has 4 rings (SSSR count). The van der Waals surface area contributed by atoms with E-state index in [0.717, 1.165) is 15.6 Å². The van der Waals surface area contributed by atoms with Crippen molar-refractivity contribution in [1.82, 2.24) is 0 Å². The fourth-order valence-corrected chi connectivity index (χ4v) is 4.15. The SMILES string of the molecule is Cc1ccc(S(=O)(=O)Oc2ccc3c(c2)OC(=Cc2ccccc2Br)C3=O)cc1. The first kappa shape index (κ1) is 19.4. The highest BCUT2D eigenvalue weighted by molar-refractivity contribution is 9.10. The standard InChI is InChI=1S/C22H15BrO5S/c1-14-6-9-17(10-7-14)29(25,26)28-16-8-11-18-20(13-16)27-21(22(18)24)12-15-4-2-3-5-19(15)23/h2-13H,1H3. The van der Waals surface area contributed by atoms with Crippen molar-refractivity contribution in [3.05, 3.63) is 93.7 Å². The number of fused-ring (bicyclic) bond motifs is 1. The molecule has 0 aliphatic carbocycles. The number of hydrogen-bond donors (Lipinski definition) is 0. The smallest absolute Gasteiger partial charge is 0.339 e. The highest BCUT2D eigenvalue weighted by atomic mass is 79.9.